The highest BCUT2D eigenvalue weighted by atomic mass is 19.4. The first-order valence-electron chi connectivity index (χ1n) is 13.5. The van der Waals surface area contributed by atoms with Crippen LogP contribution in [0.1, 0.15) is 43.9 Å². The standard InChI is InChI=1S/C30H30F3N5O3/c1-29(2,3)41-28(40)36-13-11-18-7-8-22(16-20(18)17-36)34-27(39)38-25-12-14-37(25)24-10-9-23(35-26(24)38)19-5-4-6-21(15-19)30(31,32)33/h4-10,15-16,25H,11-14,17H2,1-3H3,(H,34,39). The van der Waals surface area contributed by atoms with Crippen LogP contribution in [0.25, 0.3) is 11.3 Å². The predicted octanol–water partition coefficient (Wildman–Crippen LogP) is 6.65. The predicted molar refractivity (Wildman–Crippen MR) is 149 cm³/mol. The van der Waals surface area contributed by atoms with E-state index in [2.05, 4.69) is 15.2 Å². The van der Waals surface area contributed by atoms with Crippen LogP contribution >= 0.6 is 0 Å². The van der Waals surface area contributed by atoms with E-state index in [0.29, 0.717) is 42.3 Å². The molecule has 1 atom stereocenters. The lowest BCUT2D eigenvalue weighted by molar-refractivity contribution is -0.137. The molecule has 0 spiro atoms. The van der Waals surface area contributed by atoms with E-state index in [1.807, 2.05) is 45.0 Å². The molecule has 11 heteroatoms. The average Bonchev–Trinajstić information content (AvgIpc) is 3.11. The number of nitrogens with one attached hydrogen (secondary N) is 1. The van der Waals surface area contributed by atoms with Gasteiger partial charge in [0.25, 0.3) is 0 Å². The van der Waals surface area contributed by atoms with E-state index in [9.17, 15) is 22.8 Å². The summed E-state index contributed by atoms with van der Waals surface area (Å²) in [4.78, 5) is 36.2. The van der Waals surface area contributed by atoms with E-state index in [-0.39, 0.29) is 18.3 Å². The zero-order chi connectivity index (χ0) is 29.1. The van der Waals surface area contributed by atoms with Gasteiger partial charge in [-0.3, -0.25) is 4.90 Å². The Balaban J connectivity index is 1.23. The first-order valence-corrected chi connectivity index (χ1v) is 13.5. The minimum absolute atomic E-state index is 0.213. The largest absolute Gasteiger partial charge is 0.444 e. The van der Waals surface area contributed by atoms with Gasteiger partial charge in [0.2, 0.25) is 0 Å². The third kappa shape index (κ3) is 5.16. The average molecular weight is 566 g/mol. The molecule has 4 heterocycles. The van der Waals surface area contributed by atoms with Crippen molar-refractivity contribution in [2.75, 3.05) is 28.2 Å². The van der Waals surface area contributed by atoms with Crippen LogP contribution in [0.15, 0.2) is 54.6 Å². The fourth-order valence-corrected chi connectivity index (χ4v) is 5.45. The summed E-state index contributed by atoms with van der Waals surface area (Å²) in [6.07, 6.45) is -3.63. The van der Waals surface area contributed by atoms with Crippen molar-refractivity contribution < 1.29 is 27.5 Å². The summed E-state index contributed by atoms with van der Waals surface area (Å²) < 4.78 is 45.4. The molecule has 1 unspecified atom stereocenters. The number of hydrogen-bond donors (Lipinski definition) is 1. The number of rotatable bonds is 2. The van der Waals surface area contributed by atoms with Crippen molar-refractivity contribution in [1.82, 2.24) is 9.88 Å². The number of aromatic nitrogens is 1. The van der Waals surface area contributed by atoms with Crippen LogP contribution in [0.2, 0.25) is 0 Å². The molecular formula is C30H30F3N5O3. The molecule has 3 aliphatic rings. The third-order valence-electron chi connectivity index (χ3n) is 7.50. The van der Waals surface area contributed by atoms with Crippen LogP contribution in [0.5, 0.6) is 0 Å². The van der Waals surface area contributed by atoms with Gasteiger partial charge < -0.3 is 19.9 Å². The van der Waals surface area contributed by atoms with Gasteiger partial charge in [-0.15, -0.1) is 0 Å². The molecule has 0 aliphatic carbocycles. The molecule has 1 N–H and O–H groups in total. The Hall–Kier alpha value is -4.28. The van der Waals surface area contributed by atoms with Crippen molar-refractivity contribution in [3.05, 3.63) is 71.3 Å². The molecule has 6 rings (SSSR count). The number of anilines is 3. The molecule has 3 aliphatic heterocycles. The monoisotopic (exact) mass is 565 g/mol. The van der Waals surface area contributed by atoms with E-state index in [4.69, 9.17) is 4.74 Å². The summed E-state index contributed by atoms with van der Waals surface area (Å²) in [5.41, 5.74) is 2.70. The van der Waals surface area contributed by atoms with Gasteiger partial charge in [0.1, 0.15) is 11.8 Å². The number of alkyl halides is 3. The number of nitrogens with zero attached hydrogens (tertiary/aromatic N) is 4. The topological polar surface area (TPSA) is 78.0 Å². The van der Waals surface area contributed by atoms with Crippen LogP contribution in [0, 0.1) is 0 Å². The molecule has 214 valence electrons. The Labute approximate surface area is 235 Å². The van der Waals surface area contributed by atoms with E-state index >= 15 is 0 Å². The molecule has 3 aromatic rings. The van der Waals surface area contributed by atoms with Gasteiger partial charge in [-0.25, -0.2) is 14.6 Å². The quantitative estimate of drug-likeness (QED) is 0.377. The number of amides is 3. The number of carbonyl (C=O) groups excluding carboxylic acids is 2. The Morgan fingerprint density at radius 2 is 1.80 bits per heavy atom. The van der Waals surface area contributed by atoms with E-state index < -0.39 is 17.3 Å². The van der Waals surface area contributed by atoms with Gasteiger partial charge in [0, 0.05) is 37.3 Å². The highest BCUT2D eigenvalue weighted by molar-refractivity contribution is 6.06. The minimum atomic E-state index is -4.47. The van der Waals surface area contributed by atoms with Crippen LogP contribution in [0.3, 0.4) is 0 Å². The first kappa shape index (κ1) is 26.9. The molecule has 1 fully saturated rings. The maximum absolute atomic E-state index is 13.6. The van der Waals surface area contributed by atoms with Crippen molar-refractivity contribution in [2.45, 2.75) is 58.1 Å². The van der Waals surface area contributed by atoms with Crippen LogP contribution in [0.4, 0.5) is 40.0 Å². The Bertz CT molecular complexity index is 1530. The molecule has 2 aromatic carbocycles. The molecule has 0 radical (unpaired) electrons. The second-order valence-electron chi connectivity index (χ2n) is 11.5. The number of pyridine rings is 1. The smallest absolute Gasteiger partial charge is 0.416 e. The van der Waals surface area contributed by atoms with E-state index in [1.54, 1.807) is 21.9 Å². The van der Waals surface area contributed by atoms with Crippen LogP contribution in [-0.4, -0.2) is 46.9 Å². The second kappa shape index (κ2) is 9.67. The molecule has 3 amide bonds. The number of halogens is 3. The third-order valence-corrected chi connectivity index (χ3v) is 7.50. The van der Waals surface area contributed by atoms with Crippen molar-refractivity contribution in [1.29, 1.82) is 0 Å². The van der Waals surface area contributed by atoms with Crippen molar-refractivity contribution in [3.8, 4) is 11.3 Å². The summed E-state index contributed by atoms with van der Waals surface area (Å²) in [5.74, 6) is 0.411. The Morgan fingerprint density at radius 3 is 2.51 bits per heavy atom. The summed E-state index contributed by atoms with van der Waals surface area (Å²) in [6.45, 7) is 7.16. The number of ether oxygens (including phenoxy) is 1. The van der Waals surface area contributed by atoms with Gasteiger partial charge in [-0.2, -0.15) is 13.2 Å². The zero-order valence-corrected chi connectivity index (χ0v) is 23.0. The highest BCUT2D eigenvalue weighted by Gasteiger charge is 2.46. The molecule has 41 heavy (non-hydrogen) atoms. The second-order valence-corrected chi connectivity index (χ2v) is 11.5. The fraction of sp³-hybridized carbons (Fsp3) is 0.367. The van der Waals surface area contributed by atoms with Gasteiger partial charge in [0.15, 0.2) is 5.82 Å². The van der Waals surface area contributed by atoms with Crippen molar-refractivity contribution in [2.24, 2.45) is 0 Å². The number of fused-ring (bicyclic) bond motifs is 4. The lowest BCUT2D eigenvalue weighted by atomic mass is 9.99. The fourth-order valence-electron chi connectivity index (χ4n) is 5.45. The number of benzene rings is 2. The van der Waals surface area contributed by atoms with Crippen molar-refractivity contribution >= 4 is 29.3 Å². The number of hydrogen-bond acceptors (Lipinski definition) is 5. The Kier molecular flexibility index (Phi) is 6.35. The lowest BCUT2D eigenvalue weighted by Gasteiger charge is -2.40. The summed E-state index contributed by atoms with van der Waals surface area (Å²) in [7, 11) is 0. The van der Waals surface area contributed by atoms with Crippen LogP contribution in [-0.2, 0) is 23.9 Å². The van der Waals surface area contributed by atoms with E-state index in [0.717, 1.165) is 41.9 Å². The van der Waals surface area contributed by atoms with Gasteiger partial charge >= 0.3 is 18.3 Å². The summed E-state index contributed by atoms with van der Waals surface area (Å²) >= 11 is 0. The minimum Gasteiger partial charge on any atom is -0.444 e. The molecule has 1 saturated heterocycles. The van der Waals surface area contributed by atoms with Gasteiger partial charge in [-0.05, 0) is 74.7 Å². The molecular weight excluding hydrogens is 535 g/mol. The first-order chi connectivity index (χ1) is 19.4. The Morgan fingerprint density at radius 1 is 1.00 bits per heavy atom. The van der Waals surface area contributed by atoms with Crippen LogP contribution < -0.4 is 15.1 Å². The number of urea groups is 1. The van der Waals surface area contributed by atoms with Gasteiger partial charge in [-0.1, -0.05) is 18.2 Å². The normalized spacial score (nSPS) is 17.8. The molecule has 1 aromatic heterocycles. The number of carbonyl (C=O) groups is 2. The molecule has 0 bridgehead atoms. The molecule has 8 nitrogen and oxygen atoms in total. The van der Waals surface area contributed by atoms with Gasteiger partial charge in [0.05, 0.1) is 16.9 Å². The summed E-state index contributed by atoms with van der Waals surface area (Å²) in [5, 5.41) is 2.97. The summed E-state index contributed by atoms with van der Waals surface area (Å²) in [6, 6.07) is 13.8. The molecule has 0 saturated carbocycles. The SMILES string of the molecule is CC(C)(C)OC(=O)N1CCc2ccc(NC(=O)N3c4nc(-c5cccc(C(F)(F)F)c5)ccc4N4CCC43)cc2C1. The van der Waals surface area contributed by atoms with E-state index in [1.165, 1.54) is 6.07 Å². The highest BCUT2D eigenvalue weighted by Crippen LogP contribution is 2.45. The zero-order valence-electron chi connectivity index (χ0n) is 23.0. The maximum Gasteiger partial charge on any atom is 0.416 e. The lowest BCUT2D eigenvalue weighted by Crippen LogP contribution is -2.56. The maximum atomic E-state index is 13.6. The van der Waals surface area contributed by atoms with Crippen molar-refractivity contribution in [3.63, 3.8) is 0 Å².